The zero-order chi connectivity index (χ0) is 11.2. The van der Waals surface area contributed by atoms with E-state index in [0.717, 1.165) is 29.3 Å². The van der Waals surface area contributed by atoms with Crippen LogP contribution in [0.4, 0.5) is 0 Å². The summed E-state index contributed by atoms with van der Waals surface area (Å²) in [6, 6.07) is 6.25. The number of thiazole rings is 1. The van der Waals surface area contributed by atoms with Crippen molar-refractivity contribution in [3.8, 4) is 0 Å². The van der Waals surface area contributed by atoms with E-state index in [2.05, 4.69) is 39.1 Å². The molecule has 4 heteroatoms. The minimum absolute atomic E-state index is 0.0328. The Balaban J connectivity index is 1.93. The molecule has 0 bridgehead atoms. The van der Waals surface area contributed by atoms with Gasteiger partial charge in [0.15, 0.2) is 0 Å². The first kappa shape index (κ1) is 10.7. The van der Waals surface area contributed by atoms with Gasteiger partial charge in [0.2, 0.25) is 0 Å². The van der Waals surface area contributed by atoms with E-state index in [1.165, 1.54) is 16.1 Å². The smallest absolute Gasteiger partial charge is 0.0956 e. The van der Waals surface area contributed by atoms with Crippen molar-refractivity contribution in [2.45, 2.75) is 31.2 Å². The molecule has 1 aromatic carbocycles. The maximum absolute atomic E-state index is 6.24. The highest BCUT2D eigenvalue weighted by molar-refractivity contribution is 9.10. The van der Waals surface area contributed by atoms with Crippen LogP contribution in [0.3, 0.4) is 0 Å². The van der Waals surface area contributed by atoms with E-state index in [1.807, 2.05) is 0 Å². The molecule has 1 fully saturated rings. The summed E-state index contributed by atoms with van der Waals surface area (Å²) in [7, 11) is 0. The fraction of sp³-hybridized carbons (Fsp3) is 0.417. The van der Waals surface area contributed by atoms with Crippen LogP contribution in [0.1, 0.15) is 24.3 Å². The Morgan fingerprint density at radius 1 is 1.44 bits per heavy atom. The van der Waals surface area contributed by atoms with Crippen LogP contribution in [0.15, 0.2) is 22.7 Å². The second-order valence-corrected chi connectivity index (χ2v) is 6.64. The monoisotopic (exact) mass is 296 g/mol. The highest BCUT2D eigenvalue weighted by Crippen LogP contribution is 2.34. The first-order valence-electron chi connectivity index (χ1n) is 5.49. The molecule has 1 aromatic heterocycles. The molecule has 3 rings (SSSR count). The van der Waals surface area contributed by atoms with Gasteiger partial charge in [-0.15, -0.1) is 11.3 Å². The average Bonchev–Trinajstić information content (AvgIpc) is 2.56. The van der Waals surface area contributed by atoms with Crippen molar-refractivity contribution in [1.82, 2.24) is 4.98 Å². The molecule has 0 amide bonds. The quantitative estimate of drug-likeness (QED) is 0.921. The summed E-state index contributed by atoms with van der Waals surface area (Å²) < 4.78 is 2.34. The summed E-state index contributed by atoms with van der Waals surface area (Å²) in [5.74, 6) is 0. The van der Waals surface area contributed by atoms with Crippen molar-refractivity contribution in [3.05, 3.63) is 27.7 Å². The lowest BCUT2D eigenvalue weighted by Gasteiger charge is -2.37. The molecule has 1 aliphatic carbocycles. The van der Waals surface area contributed by atoms with E-state index < -0.39 is 0 Å². The highest BCUT2D eigenvalue weighted by atomic mass is 79.9. The first-order valence-corrected chi connectivity index (χ1v) is 7.09. The summed E-state index contributed by atoms with van der Waals surface area (Å²) >= 11 is 5.24. The molecule has 0 saturated heterocycles. The molecule has 0 unspecified atom stereocenters. The average molecular weight is 297 g/mol. The Hall–Kier alpha value is -0.450. The second-order valence-electron chi connectivity index (χ2n) is 4.61. The highest BCUT2D eigenvalue weighted by Gasteiger charge is 2.33. The number of fused-ring (bicyclic) bond motifs is 1. The largest absolute Gasteiger partial charge is 0.325 e. The summed E-state index contributed by atoms with van der Waals surface area (Å²) in [6.07, 6.45) is 4.50. The summed E-state index contributed by atoms with van der Waals surface area (Å²) in [5, 5.41) is 1.18. The Bertz CT molecular complexity index is 531. The van der Waals surface area contributed by atoms with Gasteiger partial charge in [-0.2, -0.15) is 0 Å². The molecule has 2 aromatic rings. The van der Waals surface area contributed by atoms with Gasteiger partial charge in [0.05, 0.1) is 15.2 Å². The fourth-order valence-corrected chi connectivity index (χ4v) is 3.58. The van der Waals surface area contributed by atoms with Gasteiger partial charge in [-0.1, -0.05) is 15.9 Å². The van der Waals surface area contributed by atoms with Crippen LogP contribution in [0.25, 0.3) is 10.2 Å². The summed E-state index contributed by atoms with van der Waals surface area (Å²) in [5.41, 5.74) is 7.36. The predicted molar refractivity (Wildman–Crippen MR) is 71.8 cm³/mol. The fourth-order valence-electron chi connectivity index (χ4n) is 2.13. The van der Waals surface area contributed by atoms with E-state index in [9.17, 15) is 0 Å². The molecule has 0 aliphatic heterocycles. The second kappa shape index (κ2) is 3.79. The standard InChI is InChI=1S/C12H13BrN2S/c13-8-2-3-10-9(6-8)15-11(16-10)7-12(14)4-1-5-12/h2-3,6H,1,4-5,7,14H2. The van der Waals surface area contributed by atoms with Crippen LogP contribution in [0.5, 0.6) is 0 Å². The molecule has 1 aliphatic rings. The van der Waals surface area contributed by atoms with E-state index in [4.69, 9.17) is 5.73 Å². The lowest BCUT2D eigenvalue weighted by atomic mass is 9.75. The van der Waals surface area contributed by atoms with Gasteiger partial charge in [-0.25, -0.2) is 4.98 Å². The van der Waals surface area contributed by atoms with E-state index in [1.54, 1.807) is 11.3 Å². The van der Waals surface area contributed by atoms with Crippen LogP contribution < -0.4 is 5.73 Å². The van der Waals surface area contributed by atoms with Crippen molar-refractivity contribution < 1.29 is 0 Å². The third-order valence-electron chi connectivity index (χ3n) is 3.25. The molecule has 0 spiro atoms. The third kappa shape index (κ3) is 1.90. The molecule has 0 atom stereocenters. The molecule has 2 N–H and O–H groups in total. The molecule has 0 radical (unpaired) electrons. The van der Waals surface area contributed by atoms with Gasteiger partial charge in [-0.3, -0.25) is 0 Å². The lowest BCUT2D eigenvalue weighted by Crippen LogP contribution is -2.48. The van der Waals surface area contributed by atoms with E-state index in [0.29, 0.717) is 0 Å². The number of aromatic nitrogens is 1. The molecule has 1 heterocycles. The molecular formula is C12H13BrN2S. The van der Waals surface area contributed by atoms with Gasteiger partial charge in [0.1, 0.15) is 0 Å². The van der Waals surface area contributed by atoms with E-state index in [-0.39, 0.29) is 5.54 Å². The molecule has 2 nitrogen and oxygen atoms in total. The summed E-state index contributed by atoms with van der Waals surface area (Å²) in [4.78, 5) is 4.65. The third-order valence-corrected chi connectivity index (χ3v) is 4.78. The number of benzene rings is 1. The Morgan fingerprint density at radius 2 is 2.25 bits per heavy atom. The maximum atomic E-state index is 6.24. The van der Waals surface area contributed by atoms with Gasteiger partial charge in [0, 0.05) is 16.4 Å². The van der Waals surface area contributed by atoms with Crippen molar-refractivity contribution in [2.75, 3.05) is 0 Å². The van der Waals surface area contributed by atoms with Gasteiger partial charge >= 0.3 is 0 Å². The Labute approximate surface area is 107 Å². The number of halogens is 1. The van der Waals surface area contributed by atoms with Gasteiger partial charge in [0.25, 0.3) is 0 Å². The number of rotatable bonds is 2. The minimum atomic E-state index is 0.0328. The normalized spacial score (nSPS) is 18.6. The molecule has 1 saturated carbocycles. The summed E-state index contributed by atoms with van der Waals surface area (Å²) in [6.45, 7) is 0. The zero-order valence-corrected chi connectivity index (χ0v) is 11.3. The topological polar surface area (TPSA) is 38.9 Å². The van der Waals surface area contributed by atoms with E-state index >= 15 is 0 Å². The van der Waals surface area contributed by atoms with Crippen LogP contribution in [0.2, 0.25) is 0 Å². The minimum Gasteiger partial charge on any atom is -0.325 e. The van der Waals surface area contributed by atoms with Gasteiger partial charge in [-0.05, 0) is 37.5 Å². The SMILES string of the molecule is NC1(Cc2nc3cc(Br)ccc3s2)CCC1. The van der Waals surface area contributed by atoms with Crippen molar-refractivity contribution >= 4 is 37.5 Å². The Kier molecular flexibility index (Phi) is 2.53. The van der Waals surface area contributed by atoms with Crippen molar-refractivity contribution in [2.24, 2.45) is 5.73 Å². The zero-order valence-electron chi connectivity index (χ0n) is 8.87. The molecular weight excluding hydrogens is 284 g/mol. The lowest BCUT2D eigenvalue weighted by molar-refractivity contribution is 0.247. The number of hydrogen-bond acceptors (Lipinski definition) is 3. The van der Waals surface area contributed by atoms with Gasteiger partial charge < -0.3 is 5.73 Å². The predicted octanol–water partition coefficient (Wildman–Crippen LogP) is 3.48. The van der Waals surface area contributed by atoms with Crippen molar-refractivity contribution in [3.63, 3.8) is 0 Å². The number of hydrogen-bond donors (Lipinski definition) is 1. The first-order chi connectivity index (χ1) is 7.65. The van der Waals surface area contributed by atoms with Crippen LogP contribution in [-0.4, -0.2) is 10.5 Å². The van der Waals surface area contributed by atoms with Crippen molar-refractivity contribution in [1.29, 1.82) is 0 Å². The van der Waals surface area contributed by atoms with Crippen LogP contribution in [-0.2, 0) is 6.42 Å². The maximum Gasteiger partial charge on any atom is 0.0956 e. The number of nitrogens with two attached hydrogens (primary N) is 1. The Morgan fingerprint density at radius 3 is 2.94 bits per heavy atom. The van der Waals surface area contributed by atoms with Crippen LogP contribution >= 0.6 is 27.3 Å². The van der Waals surface area contributed by atoms with Crippen LogP contribution in [0, 0.1) is 0 Å². The number of nitrogens with zero attached hydrogens (tertiary/aromatic N) is 1. The molecule has 84 valence electrons. The molecule has 16 heavy (non-hydrogen) atoms.